The van der Waals surface area contributed by atoms with E-state index < -0.39 is 0 Å². The van der Waals surface area contributed by atoms with Crippen molar-refractivity contribution in [3.8, 4) is 0 Å². The highest BCUT2D eigenvalue weighted by Gasteiger charge is 2.39. The second-order valence-corrected chi connectivity index (χ2v) is 7.96. The molecule has 0 aromatic carbocycles. The molecule has 2 atom stereocenters. The van der Waals surface area contributed by atoms with Gasteiger partial charge in [0.25, 0.3) is 0 Å². The van der Waals surface area contributed by atoms with E-state index in [0.717, 1.165) is 17.2 Å². The van der Waals surface area contributed by atoms with Crippen molar-refractivity contribution in [2.24, 2.45) is 11.8 Å². The van der Waals surface area contributed by atoms with Gasteiger partial charge in [0.1, 0.15) is 0 Å². The highest BCUT2D eigenvalue weighted by Crippen LogP contribution is 2.41. The summed E-state index contributed by atoms with van der Waals surface area (Å²) >= 11 is 3.75. The predicted molar refractivity (Wildman–Crippen MR) is 95.1 cm³/mol. The highest BCUT2D eigenvalue weighted by molar-refractivity contribution is 9.09. The van der Waals surface area contributed by atoms with Gasteiger partial charge in [-0.2, -0.15) is 0 Å². The Hall–Kier alpha value is 0.440. The fraction of sp³-hybridized carbons (Fsp3) is 1.00. The SMILES string of the molecule is CCCCCCCCCCC(CBr)C1OC2CCC1CC2. The first-order valence-electron chi connectivity index (χ1n) is 9.56. The Morgan fingerprint density at radius 3 is 2.05 bits per heavy atom. The van der Waals surface area contributed by atoms with E-state index in [0.29, 0.717) is 12.2 Å². The van der Waals surface area contributed by atoms with Gasteiger partial charge < -0.3 is 4.74 Å². The first-order valence-corrected chi connectivity index (χ1v) is 10.7. The number of rotatable bonds is 11. The molecule has 1 aliphatic carbocycles. The van der Waals surface area contributed by atoms with Gasteiger partial charge in [-0.3, -0.25) is 0 Å². The third-order valence-electron chi connectivity index (χ3n) is 5.62. The van der Waals surface area contributed by atoms with E-state index in [1.807, 2.05) is 0 Å². The van der Waals surface area contributed by atoms with Crippen LogP contribution in [0.2, 0.25) is 0 Å². The average Bonchev–Trinajstić information content (AvgIpc) is 2.54. The molecule has 0 amide bonds. The molecule has 2 heteroatoms. The Morgan fingerprint density at radius 1 is 0.905 bits per heavy atom. The van der Waals surface area contributed by atoms with Crippen LogP contribution in [-0.4, -0.2) is 17.5 Å². The molecule has 2 saturated heterocycles. The largest absolute Gasteiger partial charge is 0.374 e. The summed E-state index contributed by atoms with van der Waals surface area (Å²) in [4.78, 5) is 0. The van der Waals surface area contributed by atoms with Crippen LogP contribution in [0.3, 0.4) is 0 Å². The van der Waals surface area contributed by atoms with E-state index in [1.54, 1.807) is 0 Å². The van der Waals surface area contributed by atoms with Crippen molar-refractivity contribution < 1.29 is 4.74 Å². The lowest BCUT2D eigenvalue weighted by Crippen LogP contribution is -2.45. The van der Waals surface area contributed by atoms with Gasteiger partial charge in [0, 0.05) is 5.33 Å². The summed E-state index contributed by atoms with van der Waals surface area (Å²) in [6.45, 7) is 2.29. The first-order chi connectivity index (χ1) is 10.3. The molecule has 2 heterocycles. The number of hydrogen-bond donors (Lipinski definition) is 0. The van der Waals surface area contributed by atoms with E-state index in [-0.39, 0.29) is 0 Å². The summed E-state index contributed by atoms with van der Waals surface area (Å²) in [7, 11) is 0. The number of fused-ring (bicyclic) bond motifs is 3. The van der Waals surface area contributed by atoms with Gasteiger partial charge in [-0.1, -0.05) is 74.2 Å². The fourth-order valence-electron chi connectivity index (χ4n) is 4.25. The Kier molecular flexibility index (Phi) is 8.69. The van der Waals surface area contributed by atoms with Gasteiger partial charge in [-0.25, -0.2) is 0 Å². The van der Waals surface area contributed by atoms with Gasteiger partial charge in [0.15, 0.2) is 0 Å². The van der Waals surface area contributed by atoms with Gasteiger partial charge >= 0.3 is 0 Å². The number of alkyl halides is 1. The molecule has 3 fully saturated rings. The molecule has 0 aromatic heterocycles. The Labute approximate surface area is 140 Å². The zero-order chi connectivity index (χ0) is 14.9. The minimum Gasteiger partial charge on any atom is -0.374 e. The van der Waals surface area contributed by atoms with Crippen LogP contribution in [-0.2, 0) is 4.74 Å². The van der Waals surface area contributed by atoms with Crippen molar-refractivity contribution in [1.29, 1.82) is 0 Å². The molecule has 3 rings (SSSR count). The molecule has 21 heavy (non-hydrogen) atoms. The van der Waals surface area contributed by atoms with Crippen molar-refractivity contribution in [1.82, 2.24) is 0 Å². The summed E-state index contributed by atoms with van der Waals surface area (Å²) in [5.74, 6) is 1.63. The predicted octanol–water partition coefficient (Wildman–Crippen LogP) is 6.49. The number of halogens is 1. The molecule has 124 valence electrons. The standard InChI is InChI=1S/C19H35BrO/c1-2-3-4-5-6-7-8-9-10-17(15-20)19-16-11-13-18(21-19)14-12-16/h16-19H,2-15H2,1H3. The lowest BCUT2D eigenvalue weighted by Gasteiger charge is -2.45. The molecule has 0 N–H and O–H groups in total. The quantitative estimate of drug-likeness (QED) is 0.303. The molecular formula is C19H35BrO. The second-order valence-electron chi connectivity index (χ2n) is 7.32. The maximum atomic E-state index is 6.33. The molecule has 3 aliphatic rings. The molecule has 0 aromatic rings. The maximum absolute atomic E-state index is 6.33. The van der Waals surface area contributed by atoms with Crippen LogP contribution in [0.5, 0.6) is 0 Å². The summed E-state index contributed by atoms with van der Waals surface area (Å²) in [6, 6.07) is 0. The Bertz CT molecular complexity index is 260. The third-order valence-corrected chi connectivity index (χ3v) is 6.46. The smallest absolute Gasteiger partial charge is 0.0643 e. The van der Waals surface area contributed by atoms with E-state index >= 15 is 0 Å². The normalized spacial score (nSPS) is 29.7. The lowest BCUT2D eigenvalue weighted by atomic mass is 9.75. The molecule has 1 saturated carbocycles. The van der Waals surface area contributed by atoms with E-state index in [2.05, 4.69) is 22.9 Å². The Morgan fingerprint density at radius 2 is 1.52 bits per heavy atom. The van der Waals surface area contributed by atoms with Crippen LogP contribution in [0.4, 0.5) is 0 Å². The van der Waals surface area contributed by atoms with Gasteiger partial charge in [-0.15, -0.1) is 0 Å². The Balaban J connectivity index is 1.56. The summed E-state index contributed by atoms with van der Waals surface area (Å²) in [5, 5.41) is 1.14. The molecule has 2 bridgehead atoms. The molecular weight excluding hydrogens is 324 g/mol. The monoisotopic (exact) mass is 358 g/mol. The van der Waals surface area contributed by atoms with Crippen molar-refractivity contribution in [2.45, 2.75) is 103 Å². The topological polar surface area (TPSA) is 9.23 Å². The van der Waals surface area contributed by atoms with Gasteiger partial charge in [0.2, 0.25) is 0 Å². The van der Waals surface area contributed by atoms with E-state index in [1.165, 1.54) is 83.5 Å². The van der Waals surface area contributed by atoms with Crippen LogP contribution in [0.1, 0.15) is 90.4 Å². The first kappa shape index (κ1) is 17.8. The summed E-state index contributed by atoms with van der Waals surface area (Å²) in [5.41, 5.74) is 0. The minimum absolute atomic E-state index is 0.571. The second kappa shape index (κ2) is 10.3. The number of ether oxygens (including phenoxy) is 1. The van der Waals surface area contributed by atoms with Crippen LogP contribution >= 0.6 is 15.9 Å². The minimum atomic E-state index is 0.571. The van der Waals surface area contributed by atoms with Crippen LogP contribution in [0.15, 0.2) is 0 Å². The fourth-order valence-corrected chi connectivity index (χ4v) is 4.94. The lowest BCUT2D eigenvalue weighted by molar-refractivity contribution is -0.145. The average molecular weight is 359 g/mol. The molecule has 1 nitrogen and oxygen atoms in total. The van der Waals surface area contributed by atoms with Crippen molar-refractivity contribution in [3.05, 3.63) is 0 Å². The van der Waals surface area contributed by atoms with E-state index in [4.69, 9.17) is 4.74 Å². The molecule has 2 unspecified atom stereocenters. The van der Waals surface area contributed by atoms with Gasteiger partial charge in [-0.05, 0) is 43.9 Å². The van der Waals surface area contributed by atoms with Gasteiger partial charge in [0.05, 0.1) is 12.2 Å². The summed E-state index contributed by atoms with van der Waals surface area (Å²) < 4.78 is 6.33. The van der Waals surface area contributed by atoms with Crippen LogP contribution < -0.4 is 0 Å². The van der Waals surface area contributed by atoms with Crippen molar-refractivity contribution >= 4 is 15.9 Å². The van der Waals surface area contributed by atoms with Crippen LogP contribution in [0, 0.1) is 11.8 Å². The van der Waals surface area contributed by atoms with Crippen molar-refractivity contribution in [3.63, 3.8) is 0 Å². The molecule has 0 radical (unpaired) electrons. The zero-order valence-corrected chi connectivity index (χ0v) is 15.6. The molecule has 0 spiro atoms. The maximum Gasteiger partial charge on any atom is 0.0643 e. The molecule has 2 aliphatic heterocycles. The van der Waals surface area contributed by atoms with Crippen LogP contribution in [0.25, 0.3) is 0 Å². The van der Waals surface area contributed by atoms with E-state index in [9.17, 15) is 0 Å². The number of hydrogen-bond acceptors (Lipinski definition) is 1. The third kappa shape index (κ3) is 5.86. The number of unbranched alkanes of at least 4 members (excludes halogenated alkanes) is 7. The van der Waals surface area contributed by atoms with Crippen molar-refractivity contribution in [2.75, 3.05) is 5.33 Å². The zero-order valence-electron chi connectivity index (χ0n) is 14.0. The summed E-state index contributed by atoms with van der Waals surface area (Å²) in [6.07, 6.45) is 19.4. The highest BCUT2D eigenvalue weighted by atomic mass is 79.9.